The van der Waals surface area contributed by atoms with Gasteiger partial charge in [0.2, 0.25) is 15.8 Å². The smallest absolute Gasteiger partial charge is 0.258 e. The Hall–Kier alpha value is -3.26. The second-order valence-corrected chi connectivity index (χ2v) is 11.7. The van der Waals surface area contributed by atoms with Crippen LogP contribution in [0.5, 0.6) is 5.75 Å². The zero-order valence-corrected chi connectivity index (χ0v) is 21.9. The van der Waals surface area contributed by atoms with Crippen molar-refractivity contribution in [2.24, 2.45) is 0 Å². The highest BCUT2D eigenvalue weighted by Gasteiger charge is 2.30. The fourth-order valence-corrected chi connectivity index (χ4v) is 6.37. The maximum Gasteiger partial charge on any atom is 0.258 e. The Morgan fingerprint density at radius 1 is 1.24 bits per heavy atom. The molecule has 0 bridgehead atoms. The molecule has 1 aromatic heterocycles. The first-order valence-electron chi connectivity index (χ1n) is 12.7. The maximum atomic E-state index is 12.8. The third-order valence-electron chi connectivity index (χ3n) is 6.84. The molecule has 5 rings (SSSR count). The number of nitrogens with zero attached hydrogens (tertiary/aromatic N) is 4. The van der Waals surface area contributed by atoms with Crippen LogP contribution < -0.4 is 9.46 Å². The monoisotopic (exact) mass is 521 g/mol. The number of nitrogens with one attached hydrogen (secondary N) is 1. The summed E-state index contributed by atoms with van der Waals surface area (Å²) in [4.78, 5) is 6.80. The number of nitriles is 1. The number of benzene rings is 2. The van der Waals surface area contributed by atoms with Gasteiger partial charge in [-0.15, -0.1) is 0 Å². The van der Waals surface area contributed by atoms with Crippen LogP contribution in [0.2, 0.25) is 0 Å². The molecule has 3 aromatic rings. The van der Waals surface area contributed by atoms with Crippen molar-refractivity contribution in [3.8, 4) is 34.7 Å². The van der Waals surface area contributed by atoms with Crippen molar-refractivity contribution in [2.75, 3.05) is 25.4 Å². The Morgan fingerprint density at radius 2 is 2.05 bits per heavy atom. The van der Waals surface area contributed by atoms with Crippen molar-refractivity contribution in [1.29, 1.82) is 5.26 Å². The van der Waals surface area contributed by atoms with Gasteiger partial charge in [0.25, 0.3) is 5.89 Å². The fraction of sp³-hybridized carbons (Fsp3) is 0.444. The van der Waals surface area contributed by atoms with Crippen molar-refractivity contribution in [3.05, 3.63) is 53.1 Å². The van der Waals surface area contributed by atoms with Gasteiger partial charge in [-0.2, -0.15) is 10.2 Å². The summed E-state index contributed by atoms with van der Waals surface area (Å²) in [5.41, 5.74) is 3.83. The van der Waals surface area contributed by atoms with Gasteiger partial charge in [0.1, 0.15) is 11.8 Å². The van der Waals surface area contributed by atoms with E-state index in [0.717, 1.165) is 42.6 Å². The van der Waals surface area contributed by atoms with Crippen LogP contribution in [0.1, 0.15) is 55.8 Å². The van der Waals surface area contributed by atoms with Gasteiger partial charge in [-0.3, -0.25) is 0 Å². The number of hydrogen-bond donors (Lipinski definition) is 1. The van der Waals surface area contributed by atoms with E-state index >= 15 is 0 Å². The number of rotatable bonds is 9. The van der Waals surface area contributed by atoms with Crippen LogP contribution in [0.15, 0.2) is 40.9 Å². The summed E-state index contributed by atoms with van der Waals surface area (Å²) in [5.74, 6) is 1.36. The number of ether oxygens (including phenoxy) is 1. The lowest BCUT2D eigenvalue weighted by Gasteiger charge is -2.18. The molecule has 2 aromatic carbocycles. The molecule has 0 unspecified atom stereocenters. The first-order chi connectivity index (χ1) is 17.8. The highest BCUT2D eigenvalue weighted by molar-refractivity contribution is 7.89. The lowest BCUT2D eigenvalue weighted by Crippen LogP contribution is -2.35. The first kappa shape index (κ1) is 25.4. The molecule has 0 saturated carbocycles. The lowest BCUT2D eigenvalue weighted by molar-refractivity contribution is 0.241. The molecule has 10 heteroatoms. The predicted octanol–water partition coefficient (Wildman–Crippen LogP) is 4.06. The summed E-state index contributed by atoms with van der Waals surface area (Å²) < 4.78 is 39.7. The number of likely N-dealkylation sites (tertiary alicyclic amines) is 1. The number of fused-ring (bicyclic) bond motifs is 1. The van der Waals surface area contributed by atoms with Gasteiger partial charge >= 0.3 is 0 Å². The highest BCUT2D eigenvalue weighted by atomic mass is 32.2. The topological polar surface area (TPSA) is 121 Å². The number of sulfonamides is 1. The normalized spacial score (nSPS) is 17.7. The average molecular weight is 522 g/mol. The van der Waals surface area contributed by atoms with Crippen LogP contribution in [0.25, 0.3) is 22.8 Å². The molecular weight excluding hydrogens is 490 g/mol. The molecule has 2 aliphatic rings. The third kappa shape index (κ3) is 5.69. The molecule has 1 N–H and O–H groups in total. The van der Waals surface area contributed by atoms with E-state index in [2.05, 4.69) is 25.8 Å². The Balaban J connectivity index is 1.34. The van der Waals surface area contributed by atoms with Gasteiger partial charge in [-0.05, 0) is 81.9 Å². The maximum absolute atomic E-state index is 12.8. The van der Waals surface area contributed by atoms with E-state index in [9.17, 15) is 13.7 Å². The van der Waals surface area contributed by atoms with Crippen molar-refractivity contribution >= 4 is 10.0 Å². The molecule has 9 nitrogen and oxygen atoms in total. The van der Waals surface area contributed by atoms with Crippen LogP contribution in [0.4, 0.5) is 0 Å². The van der Waals surface area contributed by atoms with Crippen molar-refractivity contribution in [3.63, 3.8) is 0 Å². The van der Waals surface area contributed by atoms with E-state index < -0.39 is 10.0 Å². The average Bonchev–Trinajstić information content (AvgIpc) is 3.64. The second kappa shape index (κ2) is 10.6. The van der Waals surface area contributed by atoms with Crippen molar-refractivity contribution in [1.82, 2.24) is 19.8 Å². The molecule has 0 spiro atoms. The van der Waals surface area contributed by atoms with Crippen LogP contribution >= 0.6 is 0 Å². The molecule has 0 amide bonds. The number of aromatic nitrogens is 2. The summed E-state index contributed by atoms with van der Waals surface area (Å²) in [5, 5.41) is 13.7. The Labute approximate surface area is 217 Å². The Bertz CT molecular complexity index is 1420. The molecule has 0 radical (unpaired) electrons. The zero-order valence-electron chi connectivity index (χ0n) is 21.1. The summed E-state index contributed by atoms with van der Waals surface area (Å²) in [6.45, 7) is 6.33. The molecule has 1 aliphatic heterocycles. The lowest BCUT2D eigenvalue weighted by atomic mass is 10.0. The molecule has 1 fully saturated rings. The van der Waals surface area contributed by atoms with E-state index in [1.807, 2.05) is 32.0 Å². The first-order valence-corrected chi connectivity index (χ1v) is 14.4. The van der Waals surface area contributed by atoms with Crippen molar-refractivity contribution < 1.29 is 17.7 Å². The van der Waals surface area contributed by atoms with Crippen LogP contribution in [-0.4, -0.2) is 54.9 Å². The molecule has 194 valence electrons. The summed E-state index contributed by atoms with van der Waals surface area (Å²) in [6.07, 6.45) is 3.63. The second-order valence-electron chi connectivity index (χ2n) is 9.86. The summed E-state index contributed by atoms with van der Waals surface area (Å²) >= 11 is 0. The van der Waals surface area contributed by atoms with Crippen LogP contribution in [-0.2, 0) is 16.4 Å². The largest absolute Gasteiger partial charge is 0.490 e. The number of hydrogen-bond acceptors (Lipinski definition) is 8. The molecule has 1 atom stereocenters. The van der Waals surface area contributed by atoms with Gasteiger partial charge in [-0.25, -0.2) is 13.1 Å². The third-order valence-corrected chi connectivity index (χ3v) is 8.21. The van der Waals surface area contributed by atoms with Gasteiger partial charge in [-0.1, -0.05) is 23.4 Å². The van der Waals surface area contributed by atoms with Crippen molar-refractivity contribution in [2.45, 2.75) is 51.7 Å². The standard InChI is InChI=1S/C27H31N5O4S/c1-18(2)35-25-11-8-19(16-20(25)17-28)27-29-26(30-36-27)23-7-5-6-22-21(23)9-10-24(22)31-37(33,34)15-14-32-12-3-4-13-32/h5-8,11,16,18,24,31H,3-4,9-10,12-15H2,1-2H3/t24-/m0/s1. The SMILES string of the molecule is CC(C)Oc1ccc(-c2nc(-c3cccc4c3CC[C@@H]4NS(=O)(=O)CCN3CCCC3)no2)cc1C#N. The van der Waals surface area contributed by atoms with E-state index in [1.165, 1.54) is 0 Å². The van der Waals surface area contributed by atoms with E-state index in [4.69, 9.17) is 9.26 Å². The molecule has 37 heavy (non-hydrogen) atoms. The Morgan fingerprint density at radius 3 is 2.81 bits per heavy atom. The predicted molar refractivity (Wildman–Crippen MR) is 139 cm³/mol. The van der Waals surface area contributed by atoms with Gasteiger partial charge in [0, 0.05) is 23.7 Å². The zero-order chi connectivity index (χ0) is 26.0. The summed E-state index contributed by atoms with van der Waals surface area (Å²) in [7, 11) is -3.40. The van der Waals surface area contributed by atoms with E-state index in [-0.39, 0.29) is 17.9 Å². The van der Waals surface area contributed by atoms with Gasteiger partial charge < -0.3 is 14.2 Å². The Kier molecular flexibility index (Phi) is 7.29. The van der Waals surface area contributed by atoms with E-state index in [1.54, 1.807) is 18.2 Å². The minimum Gasteiger partial charge on any atom is -0.490 e. The van der Waals surface area contributed by atoms with Crippen LogP contribution in [0, 0.1) is 11.3 Å². The molecule has 2 heterocycles. The van der Waals surface area contributed by atoms with Gasteiger partial charge in [0.15, 0.2) is 0 Å². The minimum atomic E-state index is -3.40. The fourth-order valence-electron chi connectivity index (χ4n) is 5.07. The molecular formula is C27H31N5O4S. The molecule has 1 saturated heterocycles. The van der Waals surface area contributed by atoms with E-state index in [0.29, 0.717) is 48.0 Å². The van der Waals surface area contributed by atoms with Crippen LogP contribution in [0.3, 0.4) is 0 Å². The molecule has 1 aliphatic carbocycles. The highest BCUT2D eigenvalue weighted by Crippen LogP contribution is 2.38. The minimum absolute atomic E-state index is 0.0495. The van der Waals surface area contributed by atoms with Gasteiger partial charge in [0.05, 0.1) is 17.4 Å². The quantitative estimate of drug-likeness (QED) is 0.447. The summed E-state index contributed by atoms with van der Waals surface area (Å²) in [6, 6.07) is 12.9.